The summed E-state index contributed by atoms with van der Waals surface area (Å²) in [6.07, 6.45) is 3.88. The highest BCUT2D eigenvalue weighted by molar-refractivity contribution is 9.10. The van der Waals surface area contributed by atoms with Crippen LogP contribution in [-0.4, -0.2) is 0 Å². The van der Waals surface area contributed by atoms with E-state index in [0.717, 1.165) is 23.1 Å². The van der Waals surface area contributed by atoms with Gasteiger partial charge in [-0.05, 0) is 27.9 Å². The van der Waals surface area contributed by atoms with Crippen LogP contribution in [0, 0.1) is 5.92 Å². The Morgan fingerprint density at radius 1 is 1.46 bits per heavy atom. The van der Waals surface area contributed by atoms with Crippen LogP contribution in [-0.2, 0) is 0 Å². The zero-order chi connectivity index (χ0) is 9.84. The Balaban J connectivity index is 2.77. The smallest absolute Gasteiger partial charge is 0.173 e. The van der Waals surface area contributed by atoms with Gasteiger partial charge in [0.1, 0.15) is 0 Å². The van der Waals surface area contributed by atoms with Crippen LogP contribution in [0.25, 0.3) is 0 Å². The number of rotatable bonds is 4. The van der Waals surface area contributed by atoms with E-state index in [1.165, 1.54) is 0 Å². The van der Waals surface area contributed by atoms with Crippen LogP contribution in [0.2, 0.25) is 0 Å². The molecule has 1 rings (SSSR count). The van der Waals surface area contributed by atoms with Crippen molar-refractivity contribution in [1.82, 2.24) is 0 Å². The van der Waals surface area contributed by atoms with Gasteiger partial charge in [0.25, 0.3) is 0 Å². The van der Waals surface area contributed by atoms with Crippen molar-refractivity contribution in [2.45, 2.75) is 32.7 Å². The normalized spacial score (nSPS) is 13.6. The standard InChI is InChI=1S/C10H16BrNO/c1-3-7(4-2)9(12)8-5-6-13-10(8)11/h5-7,9H,3-4,12H2,1-2H3. The first-order chi connectivity index (χ1) is 6.20. The van der Waals surface area contributed by atoms with Gasteiger partial charge in [-0.1, -0.05) is 26.7 Å². The predicted octanol–water partition coefficient (Wildman–Crippen LogP) is 3.48. The Morgan fingerprint density at radius 3 is 2.46 bits per heavy atom. The molecule has 2 N–H and O–H groups in total. The highest BCUT2D eigenvalue weighted by atomic mass is 79.9. The first-order valence-electron chi connectivity index (χ1n) is 4.69. The van der Waals surface area contributed by atoms with Crippen LogP contribution in [0.4, 0.5) is 0 Å². The van der Waals surface area contributed by atoms with E-state index in [4.69, 9.17) is 10.2 Å². The van der Waals surface area contributed by atoms with E-state index < -0.39 is 0 Å². The molecule has 0 aliphatic carbocycles. The van der Waals surface area contributed by atoms with Gasteiger partial charge in [0, 0.05) is 11.6 Å². The molecular weight excluding hydrogens is 230 g/mol. The summed E-state index contributed by atoms with van der Waals surface area (Å²) in [7, 11) is 0. The molecule has 3 heteroatoms. The van der Waals surface area contributed by atoms with Crippen LogP contribution in [0.1, 0.15) is 38.3 Å². The fraction of sp³-hybridized carbons (Fsp3) is 0.600. The van der Waals surface area contributed by atoms with Gasteiger partial charge in [-0.15, -0.1) is 0 Å². The van der Waals surface area contributed by atoms with Crippen molar-refractivity contribution >= 4 is 15.9 Å². The first kappa shape index (κ1) is 10.8. The van der Waals surface area contributed by atoms with Crippen LogP contribution < -0.4 is 5.73 Å². The summed E-state index contributed by atoms with van der Waals surface area (Å²) in [5.74, 6) is 0.536. The Kier molecular flexibility index (Phi) is 4.00. The average Bonchev–Trinajstić information content (AvgIpc) is 2.53. The van der Waals surface area contributed by atoms with Crippen LogP contribution in [0.5, 0.6) is 0 Å². The molecule has 0 aliphatic rings. The van der Waals surface area contributed by atoms with E-state index in [0.29, 0.717) is 5.92 Å². The maximum absolute atomic E-state index is 6.12. The fourth-order valence-corrected chi connectivity index (χ4v) is 2.10. The molecular formula is C10H16BrNO. The number of hydrogen-bond donors (Lipinski definition) is 1. The molecule has 1 aromatic heterocycles. The lowest BCUT2D eigenvalue weighted by molar-refractivity contribution is 0.399. The molecule has 0 saturated carbocycles. The van der Waals surface area contributed by atoms with Gasteiger partial charge in [-0.3, -0.25) is 0 Å². The number of furan rings is 1. The summed E-state index contributed by atoms with van der Waals surface area (Å²) in [6, 6.07) is 2.02. The van der Waals surface area contributed by atoms with E-state index in [1.807, 2.05) is 6.07 Å². The number of halogens is 1. The average molecular weight is 246 g/mol. The lowest BCUT2D eigenvalue weighted by atomic mass is 9.91. The van der Waals surface area contributed by atoms with Gasteiger partial charge in [0.05, 0.1) is 6.26 Å². The Bertz CT molecular complexity index is 255. The van der Waals surface area contributed by atoms with Gasteiger partial charge in [0.15, 0.2) is 4.67 Å². The minimum absolute atomic E-state index is 0.0862. The van der Waals surface area contributed by atoms with E-state index in [-0.39, 0.29) is 6.04 Å². The highest BCUT2D eigenvalue weighted by Crippen LogP contribution is 2.30. The largest absolute Gasteiger partial charge is 0.457 e. The SMILES string of the molecule is CCC(CC)C(N)c1ccoc1Br. The van der Waals surface area contributed by atoms with E-state index in [2.05, 4.69) is 29.8 Å². The van der Waals surface area contributed by atoms with Gasteiger partial charge < -0.3 is 10.2 Å². The topological polar surface area (TPSA) is 39.2 Å². The molecule has 0 fully saturated rings. The minimum atomic E-state index is 0.0862. The van der Waals surface area contributed by atoms with Crippen molar-refractivity contribution in [2.75, 3.05) is 0 Å². The lowest BCUT2D eigenvalue weighted by Gasteiger charge is -2.20. The van der Waals surface area contributed by atoms with Crippen molar-refractivity contribution in [2.24, 2.45) is 11.7 Å². The Hall–Kier alpha value is -0.280. The summed E-state index contributed by atoms with van der Waals surface area (Å²) in [4.78, 5) is 0. The van der Waals surface area contributed by atoms with Crippen molar-refractivity contribution in [3.8, 4) is 0 Å². The van der Waals surface area contributed by atoms with Crippen LogP contribution >= 0.6 is 15.9 Å². The van der Waals surface area contributed by atoms with Crippen LogP contribution in [0.15, 0.2) is 21.4 Å². The molecule has 0 spiro atoms. The summed E-state index contributed by atoms with van der Waals surface area (Å²) in [5.41, 5.74) is 7.19. The van der Waals surface area contributed by atoms with Crippen molar-refractivity contribution in [1.29, 1.82) is 0 Å². The molecule has 1 heterocycles. The van der Waals surface area contributed by atoms with Crippen molar-refractivity contribution in [3.05, 3.63) is 22.6 Å². The third-order valence-electron chi connectivity index (χ3n) is 2.56. The third-order valence-corrected chi connectivity index (χ3v) is 3.21. The minimum Gasteiger partial charge on any atom is -0.457 e. The molecule has 0 bridgehead atoms. The van der Waals surface area contributed by atoms with Crippen molar-refractivity contribution < 1.29 is 4.42 Å². The molecule has 0 aliphatic heterocycles. The molecule has 13 heavy (non-hydrogen) atoms. The summed E-state index contributed by atoms with van der Waals surface area (Å²) >= 11 is 3.35. The zero-order valence-electron chi connectivity index (χ0n) is 8.09. The second-order valence-electron chi connectivity index (χ2n) is 3.25. The maximum atomic E-state index is 6.12. The van der Waals surface area contributed by atoms with Crippen molar-refractivity contribution in [3.63, 3.8) is 0 Å². The van der Waals surface area contributed by atoms with Gasteiger partial charge in [-0.25, -0.2) is 0 Å². The van der Waals surface area contributed by atoms with Gasteiger partial charge in [0.2, 0.25) is 0 Å². The van der Waals surface area contributed by atoms with E-state index in [9.17, 15) is 0 Å². The molecule has 1 atom stereocenters. The molecule has 0 radical (unpaired) electrons. The molecule has 1 unspecified atom stereocenters. The second kappa shape index (κ2) is 4.82. The number of nitrogens with two attached hydrogens (primary N) is 1. The number of hydrogen-bond acceptors (Lipinski definition) is 2. The molecule has 1 aromatic rings. The Labute approximate surface area is 87.6 Å². The fourth-order valence-electron chi connectivity index (χ4n) is 1.59. The quantitative estimate of drug-likeness (QED) is 0.883. The van der Waals surface area contributed by atoms with E-state index in [1.54, 1.807) is 6.26 Å². The summed E-state index contributed by atoms with van der Waals surface area (Å²) in [5, 5.41) is 0. The van der Waals surface area contributed by atoms with Gasteiger partial charge >= 0.3 is 0 Å². The van der Waals surface area contributed by atoms with E-state index >= 15 is 0 Å². The highest BCUT2D eigenvalue weighted by Gasteiger charge is 2.19. The molecule has 0 saturated heterocycles. The van der Waals surface area contributed by atoms with Gasteiger partial charge in [-0.2, -0.15) is 0 Å². The first-order valence-corrected chi connectivity index (χ1v) is 5.48. The second-order valence-corrected chi connectivity index (χ2v) is 3.97. The third kappa shape index (κ3) is 2.35. The zero-order valence-corrected chi connectivity index (χ0v) is 9.67. The monoisotopic (exact) mass is 245 g/mol. The lowest BCUT2D eigenvalue weighted by Crippen LogP contribution is -2.20. The Morgan fingerprint density at radius 2 is 2.08 bits per heavy atom. The molecule has 0 amide bonds. The molecule has 0 aromatic carbocycles. The molecule has 2 nitrogen and oxygen atoms in total. The summed E-state index contributed by atoms with van der Waals surface area (Å²) < 4.78 is 5.93. The predicted molar refractivity (Wildman–Crippen MR) is 57.4 cm³/mol. The molecule has 74 valence electrons. The maximum Gasteiger partial charge on any atom is 0.173 e. The summed E-state index contributed by atoms with van der Waals surface area (Å²) in [6.45, 7) is 4.34. The van der Waals surface area contributed by atoms with Crippen LogP contribution in [0.3, 0.4) is 0 Å².